The first-order valence-electron chi connectivity index (χ1n) is 8.52. The van der Waals surface area contributed by atoms with E-state index in [4.69, 9.17) is 21.1 Å². The van der Waals surface area contributed by atoms with Gasteiger partial charge in [0.15, 0.2) is 11.6 Å². The first-order valence-corrected chi connectivity index (χ1v) is 9.69. The molecule has 3 rings (SSSR count). The van der Waals surface area contributed by atoms with Crippen molar-refractivity contribution in [2.45, 2.75) is 13.0 Å². The number of aromatic nitrogens is 2. The minimum atomic E-state index is -0.743. The van der Waals surface area contributed by atoms with Crippen molar-refractivity contribution in [3.63, 3.8) is 0 Å². The van der Waals surface area contributed by atoms with Crippen LogP contribution in [0.25, 0.3) is 0 Å². The summed E-state index contributed by atoms with van der Waals surface area (Å²) >= 11 is 8.99. The molecule has 0 spiro atoms. The highest BCUT2D eigenvalue weighted by Crippen LogP contribution is 2.32. The van der Waals surface area contributed by atoms with E-state index in [1.165, 1.54) is 23.0 Å². The molecule has 0 saturated heterocycles. The first-order chi connectivity index (χ1) is 13.9. The van der Waals surface area contributed by atoms with E-state index < -0.39 is 18.1 Å². The van der Waals surface area contributed by atoms with Crippen molar-refractivity contribution in [2.24, 2.45) is 0 Å². The highest BCUT2D eigenvalue weighted by atomic mass is 79.9. The molecule has 0 bridgehead atoms. The third-order valence-electron chi connectivity index (χ3n) is 4.09. The summed E-state index contributed by atoms with van der Waals surface area (Å²) in [4.78, 5) is 17.1. The number of aryl methyl sites for hydroxylation is 1. The molecule has 0 aliphatic heterocycles. The van der Waals surface area contributed by atoms with Crippen molar-refractivity contribution < 1.29 is 18.3 Å². The summed E-state index contributed by atoms with van der Waals surface area (Å²) in [5.74, 6) is -0.550. The fourth-order valence-corrected chi connectivity index (χ4v) is 3.41. The lowest BCUT2D eigenvalue weighted by Crippen LogP contribution is -2.24. The molecule has 0 atom stereocenters. The number of nitrogens with zero attached hydrogens (tertiary/aromatic N) is 2. The molecule has 152 valence electrons. The third-order valence-corrected chi connectivity index (χ3v) is 4.88. The van der Waals surface area contributed by atoms with Gasteiger partial charge in [0.05, 0.1) is 36.8 Å². The summed E-state index contributed by atoms with van der Waals surface area (Å²) in [5.41, 5.74) is 0.351. The molecule has 29 heavy (non-hydrogen) atoms. The summed E-state index contributed by atoms with van der Waals surface area (Å²) in [6.45, 7) is -0.545. The molecule has 0 N–H and O–H groups in total. The number of methoxy groups -OCH3 is 1. The van der Waals surface area contributed by atoms with E-state index >= 15 is 0 Å². The molecule has 0 aliphatic rings. The SMILES string of the molecule is COc1ccc(Cn2cnc(CCF)c(Oc3cc(Cl)cc(Br)c3F)c2=O)cc1. The van der Waals surface area contributed by atoms with Gasteiger partial charge < -0.3 is 9.47 Å². The van der Waals surface area contributed by atoms with Crippen LogP contribution in [0, 0.1) is 5.82 Å². The van der Waals surface area contributed by atoms with Crippen molar-refractivity contribution in [3.05, 3.63) is 79.6 Å². The van der Waals surface area contributed by atoms with Crippen LogP contribution in [-0.2, 0) is 13.0 Å². The number of ether oxygens (including phenoxy) is 2. The fourth-order valence-electron chi connectivity index (χ4n) is 2.63. The van der Waals surface area contributed by atoms with Crippen LogP contribution in [0.3, 0.4) is 0 Å². The second-order valence-electron chi connectivity index (χ2n) is 6.04. The highest BCUT2D eigenvalue weighted by molar-refractivity contribution is 9.10. The summed E-state index contributed by atoms with van der Waals surface area (Å²) in [5, 5.41) is 0.211. The van der Waals surface area contributed by atoms with Crippen molar-refractivity contribution in [2.75, 3.05) is 13.8 Å². The normalized spacial score (nSPS) is 10.8. The number of alkyl halides is 1. The zero-order valence-electron chi connectivity index (χ0n) is 15.3. The maximum atomic E-state index is 14.4. The molecule has 0 aliphatic carbocycles. The van der Waals surface area contributed by atoms with Gasteiger partial charge in [-0.1, -0.05) is 23.7 Å². The maximum absolute atomic E-state index is 14.4. The lowest BCUT2D eigenvalue weighted by Gasteiger charge is -2.14. The largest absolute Gasteiger partial charge is 0.497 e. The van der Waals surface area contributed by atoms with Gasteiger partial charge in [0, 0.05) is 17.5 Å². The maximum Gasteiger partial charge on any atom is 0.296 e. The Balaban J connectivity index is 2.00. The molecule has 5 nitrogen and oxygen atoms in total. The van der Waals surface area contributed by atoms with Gasteiger partial charge in [-0.3, -0.25) is 13.8 Å². The Morgan fingerprint density at radius 3 is 2.62 bits per heavy atom. The lowest BCUT2D eigenvalue weighted by molar-refractivity contribution is 0.413. The molecular weight excluding hydrogens is 470 g/mol. The molecule has 0 fully saturated rings. The smallest absolute Gasteiger partial charge is 0.296 e. The molecule has 0 amide bonds. The van der Waals surface area contributed by atoms with E-state index in [1.54, 1.807) is 31.4 Å². The molecule has 2 aromatic carbocycles. The van der Waals surface area contributed by atoms with Gasteiger partial charge in [0.2, 0.25) is 5.75 Å². The van der Waals surface area contributed by atoms with Gasteiger partial charge in [-0.2, -0.15) is 0 Å². The van der Waals surface area contributed by atoms with Gasteiger partial charge in [0.25, 0.3) is 5.56 Å². The zero-order chi connectivity index (χ0) is 21.0. The minimum absolute atomic E-state index is 0.0782. The second-order valence-corrected chi connectivity index (χ2v) is 7.33. The number of halogens is 4. The van der Waals surface area contributed by atoms with Crippen LogP contribution in [0.4, 0.5) is 8.78 Å². The lowest BCUT2D eigenvalue weighted by atomic mass is 10.2. The summed E-state index contributed by atoms with van der Waals surface area (Å²) in [6, 6.07) is 9.73. The molecule has 0 saturated carbocycles. The van der Waals surface area contributed by atoms with Gasteiger partial charge in [-0.05, 0) is 39.7 Å². The molecular formula is C20H16BrClF2N2O3. The van der Waals surface area contributed by atoms with Crippen LogP contribution in [0.15, 0.2) is 52.0 Å². The van der Waals surface area contributed by atoms with Crippen LogP contribution in [0.1, 0.15) is 11.3 Å². The average Bonchev–Trinajstić information content (AvgIpc) is 2.71. The number of hydrogen-bond acceptors (Lipinski definition) is 4. The van der Waals surface area contributed by atoms with E-state index in [1.807, 2.05) is 0 Å². The Bertz CT molecular complexity index is 1070. The standard InChI is InChI=1S/C20H16BrClF2N2O3/c1-28-14-4-2-12(3-5-14)10-26-11-25-16(6-7-23)19(20(26)27)29-17-9-13(22)8-15(21)18(17)24/h2-5,8-9,11H,6-7,10H2,1H3. The van der Waals surface area contributed by atoms with Crippen molar-refractivity contribution in [3.8, 4) is 17.2 Å². The zero-order valence-corrected chi connectivity index (χ0v) is 17.6. The quantitative estimate of drug-likeness (QED) is 0.434. The van der Waals surface area contributed by atoms with Crippen LogP contribution in [0.5, 0.6) is 17.2 Å². The van der Waals surface area contributed by atoms with Crippen LogP contribution >= 0.6 is 27.5 Å². The predicted octanol–water partition coefficient (Wildman–Crippen LogP) is 5.16. The van der Waals surface area contributed by atoms with E-state index in [0.717, 1.165) is 5.56 Å². The van der Waals surface area contributed by atoms with E-state index in [0.29, 0.717) is 5.75 Å². The Morgan fingerprint density at radius 2 is 1.97 bits per heavy atom. The molecule has 3 aromatic rings. The van der Waals surface area contributed by atoms with Crippen LogP contribution in [0.2, 0.25) is 5.02 Å². The topological polar surface area (TPSA) is 53.4 Å². The first kappa shape index (κ1) is 21.3. The fraction of sp³-hybridized carbons (Fsp3) is 0.200. The Hall–Kier alpha value is -2.45. The summed E-state index contributed by atoms with van der Waals surface area (Å²) in [6.07, 6.45) is 1.17. The summed E-state index contributed by atoms with van der Waals surface area (Å²) < 4.78 is 39.3. The van der Waals surface area contributed by atoms with Crippen LogP contribution < -0.4 is 15.0 Å². The van der Waals surface area contributed by atoms with Crippen molar-refractivity contribution in [1.29, 1.82) is 0 Å². The Labute approximate surface area is 179 Å². The monoisotopic (exact) mass is 484 g/mol. The van der Waals surface area contributed by atoms with Crippen molar-refractivity contribution >= 4 is 27.5 Å². The van der Waals surface area contributed by atoms with E-state index in [-0.39, 0.29) is 39.7 Å². The average molecular weight is 486 g/mol. The second kappa shape index (κ2) is 9.37. The molecule has 1 heterocycles. The third kappa shape index (κ3) is 4.94. The number of rotatable bonds is 7. The van der Waals surface area contributed by atoms with E-state index in [2.05, 4.69) is 20.9 Å². The highest BCUT2D eigenvalue weighted by Gasteiger charge is 2.18. The van der Waals surface area contributed by atoms with Gasteiger partial charge >= 0.3 is 0 Å². The van der Waals surface area contributed by atoms with Gasteiger partial charge in [-0.15, -0.1) is 0 Å². The number of benzene rings is 2. The molecule has 0 radical (unpaired) electrons. The molecule has 0 unspecified atom stereocenters. The minimum Gasteiger partial charge on any atom is -0.497 e. The molecule has 9 heteroatoms. The van der Waals surface area contributed by atoms with Crippen LogP contribution in [-0.4, -0.2) is 23.3 Å². The summed E-state index contributed by atoms with van der Waals surface area (Å²) in [7, 11) is 1.56. The van der Waals surface area contributed by atoms with Crippen molar-refractivity contribution in [1.82, 2.24) is 9.55 Å². The Morgan fingerprint density at radius 1 is 1.24 bits per heavy atom. The van der Waals surface area contributed by atoms with Gasteiger partial charge in [0.1, 0.15) is 5.75 Å². The molecule has 1 aromatic heterocycles. The number of hydrogen-bond donors (Lipinski definition) is 0. The van der Waals surface area contributed by atoms with E-state index in [9.17, 15) is 13.6 Å². The predicted molar refractivity (Wildman–Crippen MR) is 109 cm³/mol. The Kier molecular flexibility index (Phi) is 6.87. The van der Waals surface area contributed by atoms with Gasteiger partial charge in [-0.25, -0.2) is 9.37 Å².